The molecule has 4 aromatic rings. The summed E-state index contributed by atoms with van der Waals surface area (Å²) in [5.41, 5.74) is 5.76. The summed E-state index contributed by atoms with van der Waals surface area (Å²) < 4.78 is 0. The third-order valence-electron chi connectivity index (χ3n) is 6.15. The van der Waals surface area contributed by atoms with Crippen molar-refractivity contribution in [3.63, 3.8) is 0 Å². The number of fused-ring (bicyclic) bond motifs is 1. The lowest BCUT2D eigenvalue weighted by atomic mass is 9.86. The van der Waals surface area contributed by atoms with Crippen molar-refractivity contribution in [2.45, 2.75) is 25.3 Å². The Labute approximate surface area is 187 Å². The number of benzene rings is 3. The molecule has 0 saturated heterocycles. The molecule has 0 saturated carbocycles. The van der Waals surface area contributed by atoms with E-state index in [9.17, 15) is 4.79 Å². The van der Waals surface area contributed by atoms with E-state index in [-0.39, 0.29) is 17.9 Å². The summed E-state index contributed by atoms with van der Waals surface area (Å²) in [4.78, 5) is 17.7. The van der Waals surface area contributed by atoms with Crippen molar-refractivity contribution in [1.29, 1.82) is 0 Å². The van der Waals surface area contributed by atoms with Crippen molar-refractivity contribution >= 4 is 17.2 Å². The minimum atomic E-state index is -0.310. The summed E-state index contributed by atoms with van der Waals surface area (Å²) >= 11 is 1.80. The fraction of sp³-hybridized carbons (Fsp3) is 0.179. The molecule has 1 amide bonds. The van der Waals surface area contributed by atoms with Crippen LogP contribution in [0.15, 0.2) is 96.4 Å². The predicted molar refractivity (Wildman–Crippen MR) is 127 cm³/mol. The highest BCUT2D eigenvalue weighted by Crippen LogP contribution is 2.40. The number of carbonyl (C=O) groups excluding carboxylic acids is 1. The van der Waals surface area contributed by atoms with Crippen molar-refractivity contribution in [3.8, 4) is 0 Å². The summed E-state index contributed by atoms with van der Waals surface area (Å²) in [6.07, 6.45) is 0.914. The number of thiophene rings is 1. The van der Waals surface area contributed by atoms with Gasteiger partial charge in [0.05, 0.1) is 12.0 Å². The third kappa shape index (κ3) is 3.82. The van der Waals surface area contributed by atoms with Gasteiger partial charge in [-0.05, 0) is 47.0 Å². The van der Waals surface area contributed by atoms with Crippen LogP contribution < -0.4 is 0 Å². The van der Waals surface area contributed by atoms with E-state index in [0.29, 0.717) is 0 Å². The maximum absolute atomic E-state index is 14.2. The molecule has 1 unspecified atom stereocenters. The van der Waals surface area contributed by atoms with E-state index in [1.165, 1.54) is 21.6 Å². The quantitative estimate of drug-likeness (QED) is 0.374. The second-order valence-electron chi connectivity index (χ2n) is 8.15. The molecule has 154 valence electrons. The summed E-state index contributed by atoms with van der Waals surface area (Å²) in [6, 6.07) is 31.1. The van der Waals surface area contributed by atoms with Gasteiger partial charge in [0.25, 0.3) is 0 Å². The number of amides is 1. The van der Waals surface area contributed by atoms with E-state index in [0.717, 1.165) is 24.1 Å². The molecule has 0 bridgehead atoms. The van der Waals surface area contributed by atoms with Gasteiger partial charge in [-0.15, -0.1) is 11.3 Å². The highest BCUT2D eigenvalue weighted by molar-refractivity contribution is 7.10. The Morgan fingerprint density at radius 3 is 2.10 bits per heavy atom. The first kappa shape index (κ1) is 19.8. The molecule has 3 aromatic carbocycles. The Balaban J connectivity index is 1.60. The Bertz CT molecular complexity index is 1130. The minimum Gasteiger partial charge on any atom is -0.330 e. The van der Waals surface area contributed by atoms with Crippen LogP contribution in [-0.4, -0.2) is 17.4 Å². The zero-order chi connectivity index (χ0) is 21.2. The van der Waals surface area contributed by atoms with E-state index >= 15 is 0 Å². The molecular formula is C28H25NOS. The van der Waals surface area contributed by atoms with Gasteiger partial charge in [0, 0.05) is 11.4 Å². The monoisotopic (exact) mass is 423 g/mol. The number of rotatable bonds is 4. The lowest BCUT2D eigenvalue weighted by Gasteiger charge is -2.38. The van der Waals surface area contributed by atoms with Gasteiger partial charge in [0.1, 0.15) is 0 Å². The molecule has 0 radical (unpaired) electrons. The molecule has 0 fully saturated rings. The van der Waals surface area contributed by atoms with Crippen LogP contribution >= 0.6 is 11.3 Å². The van der Waals surface area contributed by atoms with Gasteiger partial charge >= 0.3 is 0 Å². The highest BCUT2D eigenvalue weighted by Gasteiger charge is 2.36. The van der Waals surface area contributed by atoms with Gasteiger partial charge in [-0.2, -0.15) is 0 Å². The molecule has 0 spiro atoms. The molecular weight excluding hydrogens is 398 g/mol. The van der Waals surface area contributed by atoms with Crippen LogP contribution in [0.5, 0.6) is 0 Å². The van der Waals surface area contributed by atoms with E-state index in [1.54, 1.807) is 11.3 Å². The molecule has 2 nitrogen and oxygen atoms in total. The van der Waals surface area contributed by atoms with Gasteiger partial charge < -0.3 is 4.90 Å². The average molecular weight is 424 g/mol. The fourth-order valence-corrected chi connectivity index (χ4v) is 5.50. The number of hydrogen-bond donors (Lipinski definition) is 0. The van der Waals surface area contributed by atoms with Gasteiger partial charge in [0.15, 0.2) is 0 Å². The van der Waals surface area contributed by atoms with E-state index < -0.39 is 0 Å². The zero-order valence-electron chi connectivity index (χ0n) is 17.6. The molecule has 1 atom stereocenters. The van der Waals surface area contributed by atoms with Crippen LogP contribution in [0, 0.1) is 6.92 Å². The maximum Gasteiger partial charge on any atom is 0.235 e. The first-order chi connectivity index (χ1) is 15.2. The second kappa shape index (κ2) is 8.52. The van der Waals surface area contributed by atoms with Crippen molar-refractivity contribution in [2.75, 3.05) is 6.54 Å². The summed E-state index contributed by atoms with van der Waals surface area (Å²) in [5, 5.41) is 2.16. The van der Waals surface area contributed by atoms with E-state index in [2.05, 4.69) is 71.8 Å². The minimum absolute atomic E-state index is 0.0435. The Hall–Kier alpha value is -3.17. The van der Waals surface area contributed by atoms with Gasteiger partial charge in [-0.25, -0.2) is 0 Å². The molecule has 3 heteroatoms. The molecule has 1 aliphatic rings. The number of hydrogen-bond acceptors (Lipinski definition) is 2. The topological polar surface area (TPSA) is 20.3 Å². The van der Waals surface area contributed by atoms with Crippen LogP contribution in [0.3, 0.4) is 0 Å². The first-order valence-electron chi connectivity index (χ1n) is 10.8. The van der Waals surface area contributed by atoms with Crippen molar-refractivity contribution < 1.29 is 4.79 Å². The molecule has 1 aromatic heterocycles. The summed E-state index contributed by atoms with van der Waals surface area (Å²) in [6.45, 7) is 2.84. The molecule has 0 N–H and O–H groups in total. The van der Waals surface area contributed by atoms with Crippen LogP contribution in [0.1, 0.15) is 44.7 Å². The Kier molecular flexibility index (Phi) is 5.44. The Morgan fingerprint density at radius 1 is 0.871 bits per heavy atom. The lowest BCUT2D eigenvalue weighted by molar-refractivity contribution is -0.134. The van der Waals surface area contributed by atoms with Gasteiger partial charge in [0.2, 0.25) is 5.91 Å². The van der Waals surface area contributed by atoms with Gasteiger partial charge in [-0.3, -0.25) is 4.79 Å². The van der Waals surface area contributed by atoms with E-state index in [1.807, 2.05) is 36.4 Å². The molecule has 2 heterocycles. The van der Waals surface area contributed by atoms with Crippen molar-refractivity contribution in [2.24, 2.45) is 0 Å². The predicted octanol–water partition coefficient (Wildman–Crippen LogP) is 6.36. The molecule has 5 rings (SSSR count). The molecule has 0 aliphatic carbocycles. The van der Waals surface area contributed by atoms with Crippen molar-refractivity contribution in [1.82, 2.24) is 4.90 Å². The van der Waals surface area contributed by atoms with Crippen molar-refractivity contribution in [3.05, 3.63) is 129 Å². The lowest BCUT2D eigenvalue weighted by Crippen LogP contribution is -2.42. The largest absolute Gasteiger partial charge is 0.330 e. The number of nitrogens with zero attached hydrogens (tertiary/aromatic N) is 1. The number of aryl methyl sites for hydroxylation is 1. The second-order valence-corrected chi connectivity index (χ2v) is 9.15. The van der Waals surface area contributed by atoms with E-state index in [4.69, 9.17) is 0 Å². The summed E-state index contributed by atoms with van der Waals surface area (Å²) in [7, 11) is 0. The first-order valence-corrected chi connectivity index (χ1v) is 11.6. The van der Waals surface area contributed by atoms with Crippen LogP contribution in [0.25, 0.3) is 0 Å². The standard InChI is InChI=1S/C28H25NOS/c1-20-12-14-23(15-13-20)27-24-17-19-31-25(24)16-18-29(27)28(30)26(21-8-4-2-5-9-21)22-10-6-3-7-11-22/h2-15,17,19,26-27H,16,18H2,1H3. The molecule has 1 aliphatic heterocycles. The normalized spacial score (nSPS) is 15.7. The summed E-state index contributed by atoms with van der Waals surface area (Å²) in [5.74, 6) is -0.143. The van der Waals surface area contributed by atoms with Crippen LogP contribution in [0.2, 0.25) is 0 Å². The Morgan fingerprint density at radius 2 is 1.48 bits per heavy atom. The fourth-order valence-electron chi connectivity index (χ4n) is 4.60. The highest BCUT2D eigenvalue weighted by atomic mass is 32.1. The third-order valence-corrected chi connectivity index (χ3v) is 7.15. The van der Waals surface area contributed by atoms with Gasteiger partial charge in [-0.1, -0.05) is 90.5 Å². The average Bonchev–Trinajstić information content (AvgIpc) is 3.30. The molecule has 31 heavy (non-hydrogen) atoms. The SMILES string of the molecule is Cc1ccc(C2c3ccsc3CCN2C(=O)C(c2ccccc2)c2ccccc2)cc1. The van der Waals surface area contributed by atoms with Crippen LogP contribution in [-0.2, 0) is 11.2 Å². The smallest absolute Gasteiger partial charge is 0.235 e. The number of carbonyl (C=O) groups is 1. The van der Waals surface area contributed by atoms with Crippen LogP contribution in [0.4, 0.5) is 0 Å². The maximum atomic E-state index is 14.2. The zero-order valence-corrected chi connectivity index (χ0v) is 18.4.